The molecule has 5 rings (SSSR count). The van der Waals surface area contributed by atoms with Crippen molar-refractivity contribution in [3.8, 4) is 11.5 Å². The van der Waals surface area contributed by atoms with Gasteiger partial charge in [0.1, 0.15) is 16.9 Å². The third-order valence-electron chi connectivity index (χ3n) is 7.02. The van der Waals surface area contributed by atoms with E-state index in [1.807, 2.05) is 26.0 Å². The number of halogens is 1. The van der Waals surface area contributed by atoms with Crippen LogP contribution in [0.3, 0.4) is 0 Å². The minimum Gasteiger partial charge on any atom is -0.463 e. The van der Waals surface area contributed by atoms with Crippen molar-refractivity contribution in [3.05, 3.63) is 58.9 Å². The number of amides is 2. The number of aromatic nitrogens is 2. The number of anilines is 1. The van der Waals surface area contributed by atoms with Crippen molar-refractivity contribution < 1.29 is 14.0 Å². The zero-order valence-corrected chi connectivity index (χ0v) is 20.3. The molecule has 1 N–H and O–H groups in total. The molecule has 1 aliphatic heterocycles. The highest BCUT2D eigenvalue weighted by atomic mass is 35.5. The number of nitrogens with one attached hydrogen (secondary N) is 1. The minimum absolute atomic E-state index is 0.114. The summed E-state index contributed by atoms with van der Waals surface area (Å²) in [6.45, 7) is 3.94. The van der Waals surface area contributed by atoms with Crippen LogP contribution in [-0.2, 0) is 11.3 Å². The first-order chi connectivity index (χ1) is 16.4. The van der Waals surface area contributed by atoms with Crippen molar-refractivity contribution in [2.45, 2.75) is 70.5 Å². The summed E-state index contributed by atoms with van der Waals surface area (Å²) in [4.78, 5) is 29.3. The number of hydrogen-bond donors (Lipinski definition) is 1. The number of fused-ring (bicyclic) bond motifs is 1. The summed E-state index contributed by atoms with van der Waals surface area (Å²) in [5.74, 6) is 0.101. The summed E-state index contributed by atoms with van der Waals surface area (Å²) in [6, 6.07) is 10.9. The van der Waals surface area contributed by atoms with E-state index in [-0.39, 0.29) is 24.4 Å². The van der Waals surface area contributed by atoms with E-state index in [2.05, 4.69) is 10.4 Å². The van der Waals surface area contributed by atoms with Crippen LogP contribution in [0.2, 0.25) is 5.02 Å². The Labute approximate surface area is 204 Å². The highest BCUT2D eigenvalue weighted by Gasteiger charge is 2.49. The van der Waals surface area contributed by atoms with Crippen LogP contribution in [0.15, 0.2) is 47.1 Å². The lowest BCUT2D eigenvalue weighted by atomic mass is 9.93. The van der Waals surface area contributed by atoms with Crippen LogP contribution in [0.5, 0.6) is 0 Å². The summed E-state index contributed by atoms with van der Waals surface area (Å²) in [7, 11) is 0. The predicted octanol–water partition coefficient (Wildman–Crippen LogP) is 5.36. The van der Waals surface area contributed by atoms with Crippen molar-refractivity contribution in [2.75, 3.05) is 4.90 Å². The van der Waals surface area contributed by atoms with E-state index in [0.717, 1.165) is 31.2 Å². The molecule has 34 heavy (non-hydrogen) atoms. The van der Waals surface area contributed by atoms with Gasteiger partial charge in [-0.1, -0.05) is 43.4 Å². The van der Waals surface area contributed by atoms with Crippen molar-refractivity contribution in [1.82, 2.24) is 15.1 Å². The van der Waals surface area contributed by atoms with E-state index in [4.69, 9.17) is 16.0 Å². The number of rotatable bonds is 4. The van der Waals surface area contributed by atoms with Gasteiger partial charge in [0, 0.05) is 22.8 Å². The van der Waals surface area contributed by atoms with Gasteiger partial charge in [-0.05, 0) is 56.5 Å². The Morgan fingerprint density at radius 1 is 1.18 bits per heavy atom. The maximum Gasteiger partial charge on any atom is 0.277 e. The summed E-state index contributed by atoms with van der Waals surface area (Å²) in [5, 5.41) is 8.42. The van der Waals surface area contributed by atoms with Crippen LogP contribution in [0.4, 0.5) is 5.69 Å². The second-order valence-corrected chi connectivity index (χ2v) is 9.97. The highest BCUT2D eigenvalue weighted by Crippen LogP contribution is 2.36. The number of carbonyl (C=O) groups excluding carboxylic acids is 2. The lowest BCUT2D eigenvalue weighted by Gasteiger charge is -2.43. The largest absolute Gasteiger partial charge is 0.463 e. The van der Waals surface area contributed by atoms with Crippen LogP contribution >= 0.6 is 11.6 Å². The van der Waals surface area contributed by atoms with E-state index in [0.29, 0.717) is 27.9 Å². The monoisotopic (exact) mass is 480 g/mol. The Balaban J connectivity index is 1.56. The third kappa shape index (κ3) is 4.02. The van der Waals surface area contributed by atoms with Gasteiger partial charge >= 0.3 is 0 Å². The number of hydrogen-bond acceptors (Lipinski definition) is 4. The van der Waals surface area contributed by atoms with E-state index in [1.54, 1.807) is 40.1 Å². The second-order valence-electron chi connectivity index (χ2n) is 9.56. The Morgan fingerprint density at radius 2 is 1.94 bits per heavy atom. The number of aryl methyl sites for hydroxylation is 1. The van der Waals surface area contributed by atoms with Crippen LogP contribution < -0.4 is 10.2 Å². The molecular formula is C26H29ClN4O3. The van der Waals surface area contributed by atoms with Gasteiger partial charge in [-0.15, -0.1) is 0 Å². The second kappa shape index (κ2) is 8.95. The topological polar surface area (TPSA) is 80.4 Å². The molecule has 0 radical (unpaired) electrons. The zero-order valence-electron chi connectivity index (χ0n) is 19.5. The third-order valence-corrected chi connectivity index (χ3v) is 7.43. The van der Waals surface area contributed by atoms with E-state index >= 15 is 0 Å². The first-order valence-electron chi connectivity index (χ1n) is 11.9. The van der Waals surface area contributed by atoms with Crippen molar-refractivity contribution >= 4 is 29.1 Å². The lowest BCUT2D eigenvalue weighted by Crippen LogP contribution is -2.65. The van der Waals surface area contributed by atoms with Crippen LogP contribution in [-0.4, -0.2) is 33.2 Å². The first kappa shape index (κ1) is 22.7. The molecule has 178 valence electrons. The van der Waals surface area contributed by atoms with Gasteiger partial charge in [0.25, 0.3) is 5.91 Å². The number of carbonyl (C=O) groups is 2. The maximum absolute atomic E-state index is 13.9. The summed E-state index contributed by atoms with van der Waals surface area (Å²) in [6.07, 6.45) is 8.09. The molecule has 0 bridgehead atoms. The molecule has 3 heterocycles. The fourth-order valence-corrected chi connectivity index (χ4v) is 5.19. The lowest BCUT2D eigenvalue weighted by molar-refractivity contribution is -0.127. The average Bonchev–Trinajstić information content (AvgIpc) is 3.42. The normalized spacial score (nSPS) is 21.3. The molecular weight excluding hydrogens is 452 g/mol. The van der Waals surface area contributed by atoms with Crippen LogP contribution in [0.1, 0.15) is 61.5 Å². The molecule has 2 aromatic heterocycles. The molecule has 0 unspecified atom stereocenters. The van der Waals surface area contributed by atoms with Crippen molar-refractivity contribution in [3.63, 3.8) is 0 Å². The van der Waals surface area contributed by atoms with Crippen LogP contribution in [0, 0.1) is 6.92 Å². The molecule has 8 heteroatoms. The standard InChI is InChI=1S/C26H29ClN4O3/c1-17-11-12-19(14-20(17)27)31-24(32)22-15-21(23-10-7-13-34-23)29-30(22)16-26(31,2)25(33)28-18-8-5-3-4-6-9-18/h7,10-15,18H,3-6,8-9,16H2,1-2H3,(H,28,33)/t26-/m1/s1. The van der Waals surface area contributed by atoms with Crippen molar-refractivity contribution in [2.24, 2.45) is 0 Å². The van der Waals surface area contributed by atoms with Gasteiger partial charge in [-0.3, -0.25) is 19.2 Å². The number of furan rings is 1. The summed E-state index contributed by atoms with van der Waals surface area (Å²) < 4.78 is 7.11. The van der Waals surface area contributed by atoms with E-state index < -0.39 is 5.54 Å². The van der Waals surface area contributed by atoms with Gasteiger partial charge < -0.3 is 9.73 Å². The van der Waals surface area contributed by atoms with Gasteiger partial charge in [-0.25, -0.2) is 0 Å². The van der Waals surface area contributed by atoms with Gasteiger partial charge in [-0.2, -0.15) is 5.10 Å². The van der Waals surface area contributed by atoms with Crippen LogP contribution in [0.25, 0.3) is 11.5 Å². The molecule has 1 fully saturated rings. The number of benzene rings is 1. The highest BCUT2D eigenvalue weighted by molar-refractivity contribution is 6.31. The Bertz CT molecular complexity index is 1210. The zero-order chi connectivity index (χ0) is 23.9. The Kier molecular flexibility index (Phi) is 5.98. The molecule has 7 nitrogen and oxygen atoms in total. The molecule has 0 spiro atoms. The summed E-state index contributed by atoms with van der Waals surface area (Å²) in [5.41, 5.74) is 1.28. The van der Waals surface area contributed by atoms with E-state index in [1.165, 1.54) is 12.8 Å². The average molecular weight is 481 g/mol. The van der Waals surface area contributed by atoms with Gasteiger partial charge in [0.15, 0.2) is 5.76 Å². The minimum atomic E-state index is -1.18. The fraction of sp³-hybridized carbons (Fsp3) is 0.423. The molecule has 3 aromatic rings. The Morgan fingerprint density at radius 3 is 2.62 bits per heavy atom. The van der Waals surface area contributed by atoms with Crippen molar-refractivity contribution in [1.29, 1.82) is 0 Å². The molecule has 0 saturated heterocycles. The SMILES string of the molecule is Cc1ccc(N2C(=O)c3cc(-c4ccco4)nn3C[C@]2(C)C(=O)NC2CCCCCC2)cc1Cl. The van der Waals surface area contributed by atoms with Gasteiger partial charge in [0.05, 0.1) is 12.8 Å². The van der Waals surface area contributed by atoms with E-state index in [9.17, 15) is 9.59 Å². The number of nitrogens with zero attached hydrogens (tertiary/aromatic N) is 3. The predicted molar refractivity (Wildman–Crippen MR) is 131 cm³/mol. The smallest absolute Gasteiger partial charge is 0.277 e. The molecule has 1 aromatic carbocycles. The molecule has 2 amide bonds. The first-order valence-corrected chi connectivity index (χ1v) is 12.3. The fourth-order valence-electron chi connectivity index (χ4n) is 5.02. The maximum atomic E-state index is 13.9. The molecule has 1 saturated carbocycles. The quantitative estimate of drug-likeness (QED) is 0.509. The van der Waals surface area contributed by atoms with Gasteiger partial charge in [0.2, 0.25) is 5.91 Å². The molecule has 2 aliphatic rings. The summed E-state index contributed by atoms with van der Waals surface area (Å²) >= 11 is 6.43. The molecule has 1 atom stereocenters. The Hall–Kier alpha value is -3.06. The molecule has 1 aliphatic carbocycles.